The predicted molar refractivity (Wildman–Crippen MR) is 139 cm³/mol. The second-order valence-corrected chi connectivity index (χ2v) is 9.03. The van der Waals surface area contributed by atoms with Gasteiger partial charge in [-0.05, 0) is 62.9 Å². The van der Waals surface area contributed by atoms with Crippen LogP contribution in [0.3, 0.4) is 0 Å². The molecule has 1 aromatic heterocycles. The van der Waals surface area contributed by atoms with Crippen LogP contribution in [0.5, 0.6) is 0 Å². The molecule has 3 amide bonds. The number of nitrogens with two attached hydrogens (primary N) is 1. The first-order valence-corrected chi connectivity index (χ1v) is 12.6. The van der Waals surface area contributed by atoms with Crippen LogP contribution >= 0.6 is 0 Å². The fourth-order valence-electron chi connectivity index (χ4n) is 4.65. The zero-order chi connectivity index (χ0) is 25.5. The van der Waals surface area contributed by atoms with E-state index in [4.69, 9.17) is 10.5 Å². The number of nitrogens with zero attached hydrogens (tertiary/aromatic N) is 4. The van der Waals surface area contributed by atoms with E-state index in [9.17, 15) is 14.4 Å². The van der Waals surface area contributed by atoms with Crippen molar-refractivity contribution in [2.75, 3.05) is 61.0 Å². The van der Waals surface area contributed by atoms with Gasteiger partial charge < -0.3 is 30.5 Å². The van der Waals surface area contributed by atoms with Gasteiger partial charge in [-0.3, -0.25) is 4.79 Å². The molecule has 3 heterocycles. The quantitative estimate of drug-likeness (QED) is 0.592. The molecule has 0 spiro atoms. The highest BCUT2D eigenvalue weighted by atomic mass is 16.5. The Morgan fingerprint density at radius 3 is 2.36 bits per heavy atom. The normalized spacial score (nSPS) is 16.3. The second kappa shape index (κ2) is 11.7. The van der Waals surface area contributed by atoms with Crippen LogP contribution in [-0.4, -0.2) is 73.7 Å². The highest BCUT2D eigenvalue weighted by Crippen LogP contribution is 2.30. The molecule has 0 unspecified atom stereocenters. The Morgan fingerprint density at radius 1 is 0.917 bits per heavy atom. The molecule has 4 rings (SSSR count). The van der Waals surface area contributed by atoms with E-state index in [-0.39, 0.29) is 12.0 Å². The number of pyridine rings is 1. The number of rotatable bonds is 6. The maximum atomic E-state index is 13.3. The molecule has 2 aliphatic rings. The van der Waals surface area contributed by atoms with Crippen molar-refractivity contribution in [2.24, 2.45) is 5.73 Å². The number of anilines is 3. The van der Waals surface area contributed by atoms with E-state index in [1.54, 1.807) is 30.0 Å². The number of ether oxygens (including phenoxy) is 1. The third-order valence-electron chi connectivity index (χ3n) is 6.59. The Balaban J connectivity index is 1.42. The van der Waals surface area contributed by atoms with Crippen molar-refractivity contribution >= 4 is 35.1 Å². The fraction of sp³-hybridized carbons (Fsp3) is 0.462. The van der Waals surface area contributed by atoms with E-state index >= 15 is 0 Å². The number of hydrogen-bond donors (Lipinski definition) is 2. The lowest BCUT2D eigenvalue weighted by atomic mass is 10.1. The maximum absolute atomic E-state index is 13.3. The number of benzene rings is 1. The van der Waals surface area contributed by atoms with Crippen LogP contribution in [0.1, 0.15) is 53.3 Å². The number of hydrogen-bond acceptors (Lipinski definition) is 7. The summed E-state index contributed by atoms with van der Waals surface area (Å²) in [5.74, 6) is -0.158. The van der Waals surface area contributed by atoms with E-state index in [0.717, 1.165) is 50.4 Å². The van der Waals surface area contributed by atoms with Gasteiger partial charge in [0.25, 0.3) is 0 Å². The second-order valence-electron chi connectivity index (χ2n) is 9.03. The van der Waals surface area contributed by atoms with Crippen LogP contribution < -0.4 is 20.9 Å². The Labute approximate surface area is 211 Å². The zero-order valence-electron chi connectivity index (χ0n) is 20.7. The van der Waals surface area contributed by atoms with Gasteiger partial charge in [0.1, 0.15) is 5.82 Å². The minimum absolute atomic E-state index is 0.206. The summed E-state index contributed by atoms with van der Waals surface area (Å²) >= 11 is 0. The number of carbonyl (C=O) groups excluding carboxylic acids is 3. The molecule has 2 aromatic rings. The van der Waals surface area contributed by atoms with Crippen LogP contribution in [0.2, 0.25) is 0 Å². The largest absolute Gasteiger partial charge is 0.462 e. The highest BCUT2D eigenvalue weighted by Gasteiger charge is 2.23. The molecule has 0 bridgehead atoms. The van der Waals surface area contributed by atoms with Gasteiger partial charge in [-0.15, -0.1) is 0 Å². The summed E-state index contributed by atoms with van der Waals surface area (Å²) in [5, 5.41) is 3.04. The molecule has 0 saturated carbocycles. The number of amides is 3. The summed E-state index contributed by atoms with van der Waals surface area (Å²) in [5.41, 5.74) is 7.81. The van der Waals surface area contributed by atoms with E-state index < -0.39 is 5.91 Å². The summed E-state index contributed by atoms with van der Waals surface area (Å²) < 4.78 is 5.02. The molecule has 192 valence electrons. The monoisotopic (exact) mass is 494 g/mol. The van der Waals surface area contributed by atoms with Crippen LogP contribution in [0, 0.1) is 0 Å². The van der Waals surface area contributed by atoms with Gasteiger partial charge in [0.2, 0.25) is 5.91 Å². The number of carbonyl (C=O) groups is 3. The lowest BCUT2D eigenvalue weighted by molar-refractivity contribution is 0.0525. The molecule has 0 aliphatic carbocycles. The lowest BCUT2D eigenvalue weighted by Crippen LogP contribution is -2.39. The molecule has 1 aromatic carbocycles. The molecule has 0 radical (unpaired) electrons. The maximum Gasteiger partial charge on any atom is 0.339 e. The lowest BCUT2D eigenvalue weighted by Gasteiger charge is -2.31. The van der Waals surface area contributed by atoms with Crippen LogP contribution in [-0.2, 0) is 4.74 Å². The van der Waals surface area contributed by atoms with Gasteiger partial charge in [-0.25, -0.2) is 14.6 Å². The average Bonchev–Trinajstić information content (AvgIpc) is 3.16. The third-order valence-corrected chi connectivity index (χ3v) is 6.59. The van der Waals surface area contributed by atoms with Crippen molar-refractivity contribution in [1.29, 1.82) is 0 Å². The van der Waals surface area contributed by atoms with Gasteiger partial charge in [-0.1, -0.05) is 0 Å². The smallest absolute Gasteiger partial charge is 0.339 e. The number of piperidine rings is 1. The first-order valence-electron chi connectivity index (χ1n) is 12.6. The average molecular weight is 495 g/mol. The molecule has 36 heavy (non-hydrogen) atoms. The van der Waals surface area contributed by atoms with Gasteiger partial charge in [-0.2, -0.15) is 0 Å². The van der Waals surface area contributed by atoms with E-state index in [0.29, 0.717) is 43.1 Å². The summed E-state index contributed by atoms with van der Waals surface area (Å²) in [6.45, 7) is 6.38. The molecule has 10 heteroatoms. The Bertz CT molecular complexity index is 1080. The zero-order valence-corrected chi connectivity index (χ0v) is 20.7. The van der Waals surface area contributed by atoms with E-state index in [1.165, 1.54) is 12.6 Å². The third kappa shape index (κ3) is 6.05. The minimum atomic E-state index is -0.525. The van der Waals surface area contributed by atoms with Crippen LogP contribution in [0.15, 0.2) is 36.5 Å². The SMILES string of the molecule is CCOC(=O)c1ccc(N2CCCN(C(=O)Nc3cc(C(N)=O)ccc3N3CCCCC3)CC2)nc1. The molecule has 2 aliphatic heterocycles. The van der Waals surface area contributed by atoms with Crippen molar-refractivity contribution in [3.8, 4) is 0 Å². The van der Waals surface area contributed by atoms with Gasteiger partial charge in [0.05, 0.1) is 23.5 Å². The van der Waals surface area contributed by atoms with Crippen LogP contribution in [0.25, 0.3) is 0 Å². The van der Waals surface area contributed by atoms with Crippen molar-refractivity contribution in [3.63, 3.8) is 0 Å². The Kier molecular flexibility index (Phi) is 8.24. The van der Waals surface area contributed by atoms with Crippen LogP contribution in [0.4, 0.5) is 22.0 Å². The summed E-state index contributed by atoms with van der Waals surface area (Å²) in [6, 6.07) is 8.57. The number of nitrogens with one attached hydrogen (secondary N) is 1. The number of primary amides is 1. The highest BCUT2D eigenvalue weighted by molar-refractivity contribution is 5.99. The molecule has 3 N–H and O–H groups in total. The first kappa shape index (κ1) is 25.3. The first-order chi connectivity index (χ1) is 17.5. The molecular formula is C26H34N6O4. The number of aromatic nitrogens is 1. The summed E-state index contributed by atoms with van der Waals surface area (Å²) in [4.78, 5) is 47.5. The molecule has 2 saturated heterocycles. The number of esters is 1. The predicted octanol–water partition coefficient (Wildman–Crippen LogP) is 3.09. The van der Waals surface area contributed by atoms with Crippen molar-refractivity contribution in [2.45, 2.75) is 32.6 Å². The molecule has 2 fully saturated rings. The van der Waals surface area contributed by atoms with Crippen molar-refractivity contribution in [3.05, 3.63) is 47.7 Å². The molecule has 10 nitrogen and oxygen atoms in total. The van der Waals surface area contributed by atoms with Gasteiger partial charge >= 0.3 is 12.0 Å². The van der Waals surface area contributed by atoms with E-state index in [1.807, 2.05) is 12.1 Å². The molecule has 0 atom stereocenters. The fourth-order valence-corrected chi connectivity index (χ4v) is 4.65. The van der Waals surface area contributed by atoms with Gasteiger partial charge in [0.15, 0.2) is 0 Å². The molecular weight excluding hydrogens is 460 g/mol. The Hall–Kier alpha value is -3.82. The summed E-state index contributed by atoms with van der Waals surface area (Å²) in [7, 11) is 0. The number of urea groups is 1. The van der Waals surface area contributed by atoms with E-state index in [2.05, 4.69) is 20.1 Å². The standard InChI is InChI=1S/C26H34N6O4/c1-2-36-25(34)20-8-10-23(28-18-20)31-13-6-14-32(16-15-31)26(35)29-21-17-19(24(27)33)7-9-22(21)30-11-4-3-5-12-30/h7-10,17-18H,2-6,11-16H2,1H3,(H2,27,33)(H,29,35). The van der Waals surface area contributed by atoms with Gasteiger partial charge in [0, 0.05) is 51.0 Å². The minimum Gasteiger partial charge on any atom is -0.462 e. The topological polar surface area (TPSA) is 121 Å². The van der Waals surface area contributed by atoms with Crippen molar-refractivity contribution in [1.82, 2.24) is 9.88 Å². The Morgan fingerprint density at radius 2 is 1.67 bits per heavy atom. The van der Waals surface area contributed by atoms with Crippen molar-refractivity contribution < 1.29 is 19.1 Å². The summed E-state index contributed by atoms with van der Waals surface area (Å²) in [6.07, 6.45) is 5.69.